The summed E-state index contributed by atoms with van der Waals surface area (Å²) < 4.78 is 15.0. The van der Waals surface area contributed by atoms with Gasteiger partial charge in [-0.25, -0.2) is 4.90 Å². The van der Waals surface area contributed by atoms with Gasteiger partial charge in [-0.1, -0.05) is 122 Å². The van der Waals surface area contributed by atoms with E-state index in [1.165, 1.54) is 18.2 Å². The summed E-state index contributed by atoms with van der Waals surface area (Å²) in [5, 5.41) is 24.2. The molecule has 0 unspecified atom stereocenters. The Morgan fingerprint density at radius 1 is 0.964 bits per heavy atom. The molecule has 4 aromatic carbocycles. The van der Waals surface area contributed by atoms with Crippen molar-refractivity contribution in [1.82, 2.24) is 0 Å². The smallest absolute Gasteiger partial charge is 0.271 e. The molecule has 290 valence electrons. The molecule has 2 heterocycles. The molecule has 0 radical (unpaired) electrons. The summed E-state index contributed by atoms with van der Waals surface area (Å²) in [6.07, 6.45) is 4.18. The Balaban J connectivity index is 1.28. The van der Waals surface area contributed by atoms with Crippen LogP contribution in [0.2, 0.25) is 5.04 Å². The molecular formula is C45H47BrN2O7Si. The van der Waals surface area contributed by atoms with Crippen LogP contribution in [-0.4, -0.2) is 49.5 Å². The van der Waals surface area contributed by atoms with Gasteiger partial charge in [0.2, 0.25) is 11.8 Å². The molecule has 0 spiro atoms. The van der Waals surface area contributed by atoms with E-state index >= 15 is 0 Å². The lowest BCUT2D eigenvalue weighted by Crippen LogP contribution is -2.66. The number of allylic oxidation sites excluding steroid dienone is 1. The molecule has 4 atom stereocenters. The van der Waals surface area contributed by atoms with E-state index in [0.29, 0.717) is 19.3 Å². The monoisotopic (exact) mass is 834 g/mol. The van der Waals surface area contributed by atoms with Crippen LogP contribution < -0.4 is 15.3 Å². The summed E-state index contributed by atoms with van der Waals surface area (Å²) in [6.45, 7) is 9.34. The van der Waals surface area contributed by atoms with Gasteiger partial charge in [0, 0.05) is 28.1 Å². The molecule has 9 nitrogen and oxygen atoms in total. The second kappa shape index (κ2) is 16.1. The van der Waals surface area contributed by atoms with Gasteiger partial charge in [0.15, 0.2) is 0 Å². The first-order valence-electron chi connectivity index (χ1n) is 19.2. The Hall–Kier alpha value is -4.68. The topological polar surface area (TPSA) is 119 Å². The fourth-order valence-electron chi connectivity index (χ4n) is 9.09. The van der Waals surface area contributed by atoms with E-state index in [9.17, 15) is 24.8 Å². The van der Waals surface area contributed by atoms with Crippen LogP contribution in [0.15, 0.2) is 124 Å². The van der Waals surface area contributed by atoms with E-state index < -0.39 is 25.1 Å². The summed E-state index contributed by atoms with van der Waals surface area (Å²) in [6, 6.07) is 32.0. The highest BCUT2D eigenvalue weighted by molar-refractivity contribution is 9.10. The van der Waals surface area contributed by atoms with E-state index in [0.717, 1.165) is 48.4 Å². The van der Waals surface area contributed by atoms with Crippen LogP contribution in [0.3, 0.4) is 0 Å². The van der Waals surface area contributed by atoms with Crippen molar-refractivity contribution < 1.29 is 28.8 Å². The number of non-ortho nitro benzene ring substituents is 1. The van der Waals surface area contributed by atoms with Crippen molar-refractivity contribution in [3.05, 3.63) is 140 Å². The summed E-state index contributed by atoms with van der Waals surface area (Å²) in [5.41, 5.74) is 3.92. The summed E-state index contributed by atoms with van der Waals surface area (Å²) in [5.74, 6) is -2.15. The second-order valence-electron chi connectivity index (χ2n) is 16.0. The van der Waals surface area contributed by atoms with Gasteiger partial charge in [-0.3, -0.25) is 19.7 Å². The molecule has 7 rings (SSSR count). The Bertz CT molecular complexity index is 2160. The molecule has 0 aromatic heterocycles. The number of rotatable bonds is 12. The predicted octanol–water partition coefficient (Wildman–Crippen LogP) is 8.73. The number of amides is 2. The number of benzene rings is 4. The standard InChI is InChI=1S/C45H47BrN2O7Si/c1-5-29(23-30-24-32(46)20-21-39(30)49)19-22-40-41-31(27-55-56(45(2,3)4,35-15-8-6-9-16-35)36-17-10-7-11-18-36)25-37-42(38(41)28-54-40)44(51)47(43(37)50)33-13-12-14-34(26-33)48(52)53/h6-18,20-21,23-24,26,37-38,40,42,49H,5,19,22,25,27-28H2,1-4H3/b29-23+/t37-,38+,40-,42-/m1/s1. The number of imide groups is 1. The number of aromatic hydroxyl groups is 1. The van der Waals surface area contributed by atoms with Crippen LogP contribution in [0.1, 0.15) is 58.9 Å². The Labute approximate surface area is 337 Å². The van der Waals surface area contributed by atoms with Gasteiger partial charge in [-0.15, -0.1) is 0 Å². The summed E-state index contributed by atoms with van der Waals surface area (Å²) in [4.78, 5) is 41.0. The summed E-state index contributed by atoms with van der Waals surface area (Å²) in [7, 11) is -2.98. The highest BCUT2D eigenvalue weighted by atomic mass is 79.9. The third kappa shape index (κ3) is 7.33. The number of hydrogen-bond donors (Lipinski definition) is 1. The SMILES string of the molecule is CC/C(=C\c1cc(Br)ccc1O)CC[C@H]1OC[C@H]2C1=C(CO[Si](c1ccccc1)(c1ccccc1)C(C)(C)C)C[C@H]1C(=O)N(c3cccc([N+](=O)[O-])c3)C(=O)[C@H]12. The largest absolute Gasteiger partial charge is 0.507 e. The van der Waals surface area contributed by atoms with Crippen LogP contribution in [0, 0.1) is 27.9 Å². The van der Waals surface area contributed by atoms with Gasteiger partial charge in [0.05, 0.1) is 41.8 Å². The van der Waals surface area contributed by atoms with E-state index in [2.05, 4.69) is 92.2 Å². The molecule has 2 saturated heterocycles. The molecule has 1 N–H and O–H groups in total. The normalized spacial score (nSPS) is 21.4. The number of carbonyl (C=O) groups excluding carboxylic acids is 2. The second-order valence-corrected chi connectivity index (χ2v) is 21.2. The lowest BCUT2D eigenvalue weighted by atomic mass is 9.69. The molecule has 11 heteroatoms. The molecule has 3 aliphatic rings. The number of ether oxygens (including phenoxy) is 1. The minimum Gasteiger partial charge on any atom is -0.507 e. The zero-order valence-corrected chi connectivity index (χ0v) is 34.7. The maximum absolute atomic E-state index is 14.4. The molecule has 1 aliphatic carbocycles. The number of carbonyl (C=O) groups is 2. The molecule has 2 aliphatic heterocycles. The van der Waals surface area contributed by atoms with E-state index in [1.807, 2.05) is 24.3 Å². The fourth-order valence-corrected chi connectivity index (χ4v) is 14.0. The van der Waals surface area contributed by atoms with Crippen molar-refractivity contribution in [3.8, 4) is 5.75 Å². The first kappa shape index (κ1) is 39.5. The minimum absolute atomic E-state index is 0.184. The van der Waals surface area contributed by atoms with Crippen LogP contribution >= 0.6 is 15.9 Å². The minimum atomic E-state index is -2.98. The molecule has 4 aromatic rings. The zero-order chi connectivity index (χ0) is 39.8. The Kier molecular flexibility index (Phi) is 11.3. The Morgan fingerprint density at radius 3 is 2.27 bits per heavy atom. The number of fused-ring (bicyclic) bond motifs is 3. The lowest BCUT2D eigenvalue weighted by molar-refractivity contribution is -0.384. The molecule has 0 saturated carbocycles. The number of halogens is 1. The number of nitro groups is 1. The fraction of sp³-hybridized carbons (Fsp3) is 0.333. The average molecular weight is 836 g/mol. The number of hydrogen-bond acceptors (Lipinski definition) is 7. The molecular weight excluding hydrogens is 788 g/mol. The Morgan fingerprint density at radius 2 is 1.64 bits per heavy atom. The zero-order valence-electron chi connectivity index (χ0n) is 32.1. The van der Waals surface area contributed by atoms with Crippen LogP contribution in [0.5, 0.6) is 5.75 Å². The van der Waals surface area contributed by atoms with E-state index in [1.54, 1.807) is 18.2 Å². The molecule has 56 heavy (non-hydrogen) atoms. The van der Waals surface area contributed by atoms with E-state index in [-0.39, 0.29) is 59.2 Å². The van der Waals surface area contributed by atoms with Gasteiger partial charge < -0.3 is 14.3 Å². The maximum Gasteiger partial charge on any atom is 0.271 e. The highest BCUT2D eigenvalue weighted by Gasteiger charge is 2.58. The third-order valence-electron chi connectivity index (χ3n) is 11.7. The van der Waals surface area contributed by atoms with Gasteiger partial charge in [-0.05, 0) is 76.5 Å². The van der Waals surface area contributed by atoms with Crippen molar-refractivity contribution in [2.75, 3.05) is 18.1 Å². The van der Waals surface area contributed by atoms with Crippen molar-refractivity contribution in [2.45, 2.75) is 64.5 Å². The molecule has 2 amide bonds. The van der Waals surface area contributed by atoms with Crippen molar-refractivity contribution in [3.63, 3.8) is 0 Å². The van der Waals surface area contributed by atoms with Crippen LogP contribution in [0.4, 0.5) is 11.4 Å². The van der Waals surface area contributed by atoms with Crippen LogP contribution in [-0.2, 0) is 18.8 Å². The number of nitrogens with zero attached hydrogens (tertiary/aromatic N) is 2. The lowest BCUT2D eigenvalue weighted by Gasteiger charge is -2.44. The first-order chi connectivity index (χ1) is 26.8. The molecule has 0 bridgehead atoms. The van der Waals surface area contributed by atoms with Gasteiger partial charge in [-0.2, -0.15) is 0 Å². The van der Waals surface area contributed by atoms with Gasteiger partial charge in [0.25, 0.3) is 14.0 Å². The number of phenolic OH excluding ortho intramolecular Hbond substituents is 1. The number of anilines is 1. The number of phenols is 1. The predicted molar refractivity (Wildman–Crippen MR) is 224 cm³/mol. The van der Waals surface area contributed by atoms with Crippen molar-refractivity contribution >= 4 is 63.9 Å². The number of nitro benzene ring substituents is 1. The van der Waals surface area contributed by atoms with Gasteiger partial charge in [0.1, 0.15) is 5.75 Å². The maximum atomic E-state index is 14.4. The third-order valence-corrected chi connectivity index (χ3v) is 17.2. The van der Waals surface area contributed by atoms with Crippen LogP contribution in [0.25, 0.3) is 6.08 Å². The first-order valence-corrected chi connectivity index (χ1v) is 21.9. The highest BCUT2D eigenvalue weighted by Crippen LogP contribution is 2.51. The quantitative estimate of drug-likeness (QED) is 0.0499. The summed E-state index contributed by atoms with van der Waals surface area (Å²) >= 11 is 3.52. The van der Waals surface area contributed by atoms with E-state index in [4.69, 9.17) is 9.16 Å². The van der Waals surface area contributed by atoms with Crippen molar-refractivity contribution in [2.24, 2.45) is 17.8 Å². The average Bonchev–Trinajstić information content (AvgIpc) is 3.72. The molecule has 2 fully saturated rings. The van der Waals surface area contributed by atoms with Gasteiger partial charge >= 0.3 is 0 Å². The van der Waals surface area contributed by atoms with Crippen molar-refractivity contribution in [1.29, 1.82) is 0 Å².